The second-order valence-electron chi connectivity index (χ2n) is 21.1. The fourth-order valence-corrected chi connectivity index (χ4v) is 10.1. The zero-order chi connectivity index (χ0) is 58.2. The molecule has 0 radical (unpaired) electrons. The third-order valence-electron chi connectivity index (χ3n) is 14.6. The van der Waals surface area contributed by atoms with Crippen molar-refractivity contribution in [3.8, 4) is 51.4 Å². The van der Waals surface area contributed by atoms with Crippen LogP contribution in [0.4, 0.5) is 0 Å². The molecule has 0 aliphatic carbocycles. The van der Waals surface area contributed by atoms with Crippen molar-refractivity contribution in [2.75, 3.05) is 14.1 Å². The minimum Gasteiger partial charge on any atom is -0.540 e. The number of aromatic hydroxyl groups is 3. The van der Waals surface area contributed by atoms with Gasteiger partial charge in [0.05, 0.1) is 12.5 Å². The molecule has 23 heteroatoms. The first-order valence-corrected chi connectivity index (χ1v) is 25.8. The number of phenolic OH excluding ortho intramolecular Hbond substituents is 3. The first kappa shape index (κ1) is 61.4. The fraction of sp³-hybridized carbons (Fsp3) is 0.345. The third-order valence-corrected chi connectivity index (χ3v) is 14.6. The van der Waals surface area contributed by atoms with Crippen LogP contribution in [-0.4, -0.2) is 111 Å². The average molecular weight is 1180 g/mol. The Kier molecular flexibility index (Phi) is 19.2. The van der Waals surface area contributed by atoms with Gasteiger partial charge in [0.1, 0.15) is 76.6 Å². The standard InChI is InChI=1S/C58H63N8O14.Rb/c1-25(2)15-40(66(7)8)54(74)65-50-52(72)32-11-14-44(27(4)17-32)80-35-19-33-18-34(21-35)79-43-13-10-30(16-26(43)3)28(5)47-55(75)61-39(24-67)36-22-42(69)29(6)51(71)46(36)37-20-31(9-12-41(37)68)48(56(76)62-47)64-57(77)49(33)63-53(73)38(23-45(59)70)60-58(50)78;/h9-14,16-22,25,28,38-40,47-50,52,68-69,71-72H,15,23H2,1-8H3,(H2,59,70)(H,60,78)(H,61,75)(H,62,76)(H,63,73)(H,64,77)(H,65,74);/q-1;+1/t28-,38+,39+,40-,47+,48-,49-,50-,52-;/m1./s1. The molecule has 5 aliphatic heterocycles. The number of amides is 7. The molecule has 0 fully saturated rings. The van der Waals surface area contributed by atoms with E-state index in [4.69, 9.17) is 15.2 Å². The number of fused-ring (bicyclic) bond motifs is 15. The van der Waals surface area contributed by atoms with Crippen molar-refractivity contribution in [3.05, 3.63) is 123 Å². The number of benzene rings is 5. The molecule has 7 amide bonds. The van der Waals surface area contributed by atoms with Crippen molar-refractivity contribution < 1.29 is 126 Å². The van der Waals surface area contributed by atoms with Crippen LogP contribution >= 0.6 is 0 Å². The van der Waals surface area contributed by atoms with Crippen molar-refractivity contribution in [3.63, 3.8) is 0 Å². The maximum Gasteiger partial charge on any atom is 1.00 e. The molecular weight excluding hydrogens is 1120 g/mol. The summed E-state index contributed by atoms with van der Waals surface area (Å²) >= 11 is 0. The molecule has 0 aromatic heterocycles. The Hall–Kier alpha value is -7.21. The van der Waals surface area contributed by atoms with E-state index in [1.807, 2.05) is 13.8 Å². The van der Waals surface area contributed by atoms with Crippen LogP contribution in [-0.2, 0) is 38.4 Å². The van der Waals surface area contributed by atoms with E-state index in [1.54, 1.807) is 64.3 Å². The predicted octanol–water partition coefficient (Wildman–Crippen LogP) is 0.750. The maximum absolute atomic E-state index is 15.5. The molecular formula is C58H63N8O14Rb. The zero-order valence-corrected chi connectivity index (χ0v) is 51.0. The van der Waals surface area contributed by atoms with Crippen LogP contribution in [0, 0.1) is 26.7 Å². The summed E-state index contributed by atoms with van der Waals surface area (Å²) in [5.74, 6) is -8.93. The van der Waals surface area contributed by atoms with Crippen molar-refractivity contribution >= 4 is 47.6 Å². The number of primary amides is 1. The van der Waals surface area contributed by atoms with Gasteiger partial charge in [0.25, 0.3) is 0 Å². The van der Waals surface area contributed by atoms with Crippen molar-refractivity contribution in [2.45, 2.75) is 109 Å². The van der Waals surface area contributed by atoms with Crippen molar-refractivity contribution in [1.29, 1.82) is 0 Å². The first-order valence-electron chi connectivity index (χ1n) is 25.8. The molecule has 5 aromatic rings. The number of aryl methyl sites for hydroxylation is 2. The molecule has 420 valence electrons. The minimum absolute atomic E-state index is 0. The van der Waals surface area contributed by atoms with Crippen LogP contribution in [0.5, 0.6) is 40.2 Å². The van der Waals surface area contributed by atoms with Crippen LogP contribution in [0.25, 0.3) is 11.1 Å². The molecule has 12 N–H and O–H groups in total. The van der Waals surface area contributed by atoms with Gasteiger partial charge in [-0.25, -0.2) is 6.29 Å². The van der Waals surface area contributed by atoms with E-state index < -0.39 is 119 Å². The topological polar surface area (TPSA) is 337 Å². The number of hydrogen-bond acceptors (Lipinski definition) is 15. The summed E-state index contributed by atoms with van der Waals surface area (Å²) in [6, 6.07) is 7.22. The smallest absolute Gasteiger partial charge is 0.540 e. The molecule has 5 aromatic carbocycles. The van der Waals surface area contributed by atoms with Crippen molar-refractivity contribution in [1.82, 2.24) is 36.8 Å². The number of likely N-dealkylation sites (N-methyl/N-ethyl adjacent to an activating group) is 1. The SMILES string of the molecule is Cc1cc2ccc1Oc1cc3cc(c1)[C@@H](NC(=O)[C@H](CC(N)=O)NC(=O)[C@H](NC(=O)[C@@H](CC(C)C)N(C)C)[C@H](O)c1ccc(c(C)c1)O3)C(=O)N[C@H]1C(=O)N[C@H](C(=O)N[C@@H]([C-]=O)c3cc(O)c(C)c(O)c3-c3cc1ccc3O)[C@@H]2C.[Rb+]. The summed E-state index contributed by atoms with van der Waals surface area (Å²) < 4.78 is 13.0. The van der Waals surface area contributed by atoms with Gasteiger partial charge in [0.15, 0.2) is 0 Å². The van der Waals surface area contributed by atoms with Gasteiger partial charge in [-0.05, 0) is 141 Å². The number of hydrogen-bond donors (Lipinski definition) is 11. The second-order valence-corrected chi connectivity index (χ2v) is 21.1. The van der Waals surface area contributed by atoms with E-state index in [2.05, 4.69) is 31.9 Å². The van der Waals surface area contributed by atoms with E-state index >= 15 is 9.59 Å². The summed E-state index contributed by atoms with van der Waals surface area (Å²) in [6.45, 7) is 10.2. The predicted molar refractivity (Wildman–Crippen MR) is 289 cm³/mol. The van der Waals surface area contributed by atoms with Gasteiger partial charge < -0.3 is 72.3 Å². The van der Waals surface area contributed by atoms with Gasteiger partial charge in [-0.2, -0.15) is 0 Å². The molecule has 9 atom stereocenters. The van der Waals surface area contributed by atoms with E-state index in [9.17, 15) is 49.2 Å². The molecule has 0 unspecified atom stereocenters. The van der Waals surface area contributed by atoms with Gasteiger partial charge in [-0.15, -0.1) is 0 Å². The van der Waals surface area contributed by atoms with E-state index in [0.29, 0.717) is 23.1 Å². The Morgan fingerprint density at radius 3 is 1.88 bits per heavy atom. The molecule has 0 saturated carbocycles. The number of carbonyl (C=O) groups is 7. The summed E-state index contributed by atoms with van der Waals surface area (Å²) in [6.07, 6.45) is -0.523. The van der Waals surface area contributed by atoms with Crippen LogP contribution in [0.15, 0.2) is 78.9 Å². The van der Waals surface area contributed by atoms with Gasteiger partial charge in [-0.3, -0.25) is 38.5 Å². The number of nitrogens with one attached hydrogen (secondary N) is 6. The van der Waals surface area contributed by atoms with Crippen LogP contribution < -0.4 is 105 Å². The first-order chi connectivity index (χ1) is 37.8. The Morgan fingerprint density at radius 1 is 0.704 bits per heavy atom. The fourth-order valence-electron chi connectivity index (χ4n) is 10.1. The molecule has 81 heavy (non-hydrogen) atoms. The Labute approximate surface area is 515 Å². The Morgan fingerprint density at radius 2 is 1.28 bits per heavy atom. The van der Waals surface area contributed by atoms with E-state index in [-0.39, 0.29) is 126 Å². The average Bonchev–Trinajstić information content (AvgIpc) is 3.48. The third kappa shape index (κ3) is 13.3. The second kappa shape index (κ2) is 25.3. The molecule has 10 rings (SSSR count). The monoisotopic (exact) mass is 1180 g/mol. The summed E-state index contributed by atoms with van der Waals surface area (Å²) in [5, 5.41) is 61.8. The number of nitrogens with two attached hydrogens (primary N) is 1. The van der Waals surface area contributed by atoms with Crippen LogP contribution in [0.3, 0.4) is 0 Å². The number of phenols is 3. The number of aliphatic hydroxyl groups is 1. The number of aliphatic hydroxyl groups excluding tert-OH is 1. The van der Waals surface area contributed by atoms with Gasteiger partial charge in [-0.1, -0.05) is 45.0 Å². The number of rotatable bonds is 8. The zero-order valence-electron chi connectivity index (χ0n) is 46.1. The molecule has 5 aliphatic rings. The molecule has 5 heterocycles. The normalized spacial score (nSPS) is 22.2. The van der Waals surface area contributed by atoms with Gasteiger partial charge >= 0.3 is 58.2 Å². The Bertz CT molecular complexity index is 3350. The molecule has 11 bridgehead atoms. The van der Waals surface area contributed by atoms with E-state index in [1.165, 1.54) is 55.5 Å². The molecule has 22 nitrogen and oxygen atoms in total. The largest absolute Gasteiger partial charge is 1.00 e. The molecule has 0 spiro atoms. The minimum atomic E-state index is -1.91. The van der Waals surface area contributed by atoms with Crippen LogP contribution in [0.1, 0.15) is 108 Å². The van der Waals surface area contributed by atoms with E-state index in [0.717, 1.165) is 12.1 Å². The van der Waals surface area contributed by atoms with Crippen LogP contribution in [0.2, 0.25) is 0 Å². The number of ether oxygens (including phenoxy) is 2. The van der Waals surface area contributed by atoms with Crippen molar-refractivity contribution in [2.24, 2.45) is 11.7 Å². The summed E-state index contributed by atoms with van der Waals surface area (Å²) in [5.41, 5.74) is 6.50. The Balaban J connectivity index is 0.00000946. The van der Waals surface area contributed by atoms with Gasteiger partial charge in [0.2, 0.25) is 41.4 Å². The summed E-state index contributed by atoms with van der Waals surface area (Å²) in [4.78, 5) is 116. The quantitative estimate of drug-likeness (QED) is 0.0956. The number of nitrogens with zero attached hydrogens (tertiary/aromatic N) is 1. The molecule has 0 saturated heterocycles. The number of carbonyl (C=O) groups excluding carboxylic acids is 8. The van der Waals surface area contributed by atoms with Gasteiger partial charge in [0, 0.05) is 28.7 Å². The summed E-state index contributed by atoms with van der Waals surface area (Å²) in [7, 11) is 3.36. The maximum atomic E-state index is 15.5.